The fourth-order valence-electron chi connectivity index (χ4n) is 1.81. The van der Waals surface area contributed by atoms with Crippen LogP contribution >= 0.6 is 0 Å². The fourth-order valence-corrected chi connectivity index (χ4v) is 1.81. The van der Waals surface area contributed by atoms with E-state index in [-0.39, 0.29) is 12.4 Å². The Kier molecular flexibility index (Phi) is 6.01. The van der Waals surface area contributed by atoms with E-state index in [2.05, 4.69) is 15.8 Å². The fraction of sp³-hybridized carbons (Fsp3) is 0.118. The van der Waals surface area contributed by atoms with Crippen LogP contribution in [0.3, 0.4) is 0 Å². The third-order valence-electron chi connectivity index (χ3n) is 2.88. The molecule has 0 bridgehead atoms. The van der Waals surface area contributed by atoms with Crippen LogP contribution in [0.5, 0.6) is 0 Å². The van der Waals surface area contributed by atoms with Gasteiger partial charge >= 0.3 is 12.0 Å². The summed E-state index contributed by atoms with van der Waals surface area (Å²) in [5.74, 6) is -0.810. The average molecular weight is 329 g/mol. The molecule has 2 aromatic rings. The van der Waals surface area contributed by atoms with Crippen molar-refractivity contribution in [3.8, 4) is 0 Å². The molecule has 24 heavy (non-hydrogen) atoms. The number of ether oxygens (including phenoxy) is 1. The van der Waals surface area contributed by atoms with Gasteiger partial charge in [-0.25, -0.2) is 19.4 Å². The molecule has 6 nitrogen and oxygen atoms in total. The van der Waals surface area contributed by atoms with E-state index in [0.717, 1.165) is 0 Å². The van der Waals surface area contributed by atoms with E-state index < -0.39 is 12.0 Å². The van der Waals surface area contributed by atoms with E-state index in [1.807, 2.05) is 0 Å². The second-order valence-corrected chi connectivity index (χ2v) is 4.68. The second-order valence-electron chi connectivity index (χ2n) is 4.68. The van der Waals surface area contributed by atoms with Gasteiger partial charge in [-0.1, -0.05) is 18.2 Å². The lowest BCUT2D eigenvalue weighted by Crippen LogP contribution is -2.24. The van der Waals surface area contributed by atoms with Crippen LogP contribution < -0.4 is 10.7 Å². The van der Waals surface area contributed by atoms with Gasteiger partial charge in [-0.3, -0.25) is 0 Å². The lowest BCUT2D eigenvalue weighted by atomic mass is 10.2. The second kappa shape index (κ2) is 8.42. The number of esters is 1. The van der Waals surface area contributed by atoms with Gasteiger partial charge < -0.3 is 10.1 Å². The van der Waals surface area contributed by atoms with E-state index in [1.54, 1.807) is 25.1 Å². The molecule has 2 N–H and O–H groups in total. The zero-order valence-corrected chi connectivity index (χ0v) is 13.0. The molecule has 0 saturated heterocycles. The number of rotatable bonds is 5. The molecule has 0 aliphatic carbocycles. The molecule has 0 radical (unpaired) electrons. The van der Waals surface area contributed by atoms with E-state index in [1.165, 1.54) is 36.5 Å². The molecule has 0 aliphatic heterocycles. The summed E-state index contributed by atoms with van der Waals surface area (Å²) in [7, 11) is 0. The number of urea groups is 1. The van der Waals surface area contributed by atoms with Gasteiger partial charge in [-0.2, -0.15) is 5.10 Å². The summed E-state index contributed by atoms with van der Waals surface area (Å²) < 4.78 is 17.7. The van der Waals surface area contributed by atoms with Crippen molar-refractivity contribution in [3.05, 3.63) is 65.5 Å². The predicted molar refractivity (Wildman–Crippen MR) is 88.5 cm³/mol. The average Bonchev–Trinajstić information content (AvgIpc) is 2.57. The lowest BCUT2D eigenvalue weighted by molar-refractivity contribution is 0.0526. The summed E-state index contributed by atoms with van der Waals surface area (Å²) >= 11 is 0. The van der Waals surface area contributed by atoms with Gasteiger partial charge in [0.05, 0.1) is 18.4 Å². The number of hydrazone groups is 1. The van der Waals surface area contributed by atoms with Crippen molar-refractivity contribution in [1.82, 2.24) is 5.43 Å². The number of anilines is 1. The third kappa shape index (κ3) is 5.20. The van der Waals surface area contributed by atoms with Crippen molar-refractivity contribution in [2.75, 3.05) is 11.9 Å². The zero-order valence-electron chi connectivity index (χ0n) is 13.0. The number of nitrogens with zero attached hydrogens (tertiary/aromatic N) is 1. The van der Waals surface area contributed by atoms with Crippen molar-refractivity contribution >= 4 is 23.9 Å². The van der Waals surface area contributed by atoms with Crippen molar-refractivity contribution in [2.45, 2.75) is 6.92 Å². The molecule has 0 atom stereocenters. The molecule has 2 aromatic carbocycles. The molecule has 0 saturated carbocycles. The van der Waals surface area contributed by atoms with E-state index in [0.29, 0.717) is 16.8 Å². The van der Waals surface area contributed by atoms with Crippen LogP contribution in [0.4, 0.5) is 14.9 Å². The summed E-state index contributed by atoms with van der Waals surface area (Å²) in [6, 6.07) is 11.4. The number of halogens is 1. The molecule has 0 heterocycles. The topological polar surface area (TPSA) is 79.8 Å². The maximum absolute atomic E-state index is 12.8. The maximum Gasteiger partial charge on any atom is 0.339 e. The Labute approximate surface area is 138 Å². The number of carbonyl (C=O) groups excluding carboxylic acids is 2. The van der Waals surface area contributed by atoms with Crippen LogP contribution in [0.2, 0.25) is 0 Å². The Morgan fingerprint density at radius 1 is 1.21 bits per heavy atom. The van der Waals surface area contributed by atoms with Crippen LogP contribution in [0, 0.1) is 5.82 Å². The molecule has 0 aliphatic rings. The summed E-state index contributed by atoms with van der Waals surface area (Å²) in [4.78, 5) is 23.4. The molecule has 0 unspecified atom stereocenters. The SMILES string of the molecule is CCOC(=O)c1cccc(NC(=O)N/N=C/c2ccc(F)cc2)c1. The normalized spacial score (nSPS) is 10.4. The summed E-state index contributed by atoms with van der Waals surface area (Å²) in [5, 5.41) is 6.30. The molecule has 0 aromatic heterocycles. The quantitative estimate of drug-likeness (QED) is 0.502. The predicted octanol–water partition coefficient (Wildman–Crippen LogP) is 3.16. The smallest absolute Gasteiger partial charge is 0.339 e. The van der Waals surface area contributed by atoms with Gasteiger partial charge in [0.25, 0.3) is 0 Å². The lowest BCUT2D eigenvalue weighted by Gasteiger charge is -2.06. The molecule has 0 fully saturated rings. The molecule has 124 valence electrons. The Bertz CT molecular complexity index is 745. The highest BCUT2D eigenvalue weighted by atomic mass is 19.1. The minimum atomic E-state index is -0.575. The van der Waals surface area contributed by atoms with Crippen LogP contribution in [0.1, 0.15) is 22.8 Å². The van der Waals surface area contributed by atoms with Crippen LogP contribution in [-0.2, 0) is 4.74 Å². The first-order valence-corrected chi connectivity index (χ1v) is 7.21. The maximum atomic E-state index is 12.8. The van der Waals surface area contributed by atoms with Crippen molar-refractivity contribution < 1.29 is 18.7 Å². The van der Waals surface area contributed by atoms with Gasteiger partial charge in [-0.15, -0.1) is 0 Å². The van der Waals surface area contributed by atoms with Crippen molar-refractivity contribution in [3.63, 3.8) is 0 Å². The van der Waals surface area contributed by atoms with Gasteiger partial charge in [0.1, 0.15) is 5.82 Å². The highest BCUT2D eigenvalue weighted by Crippen LogP contribution is 2.11. The minimum absolute atomic E-state index is 0.273. The van der Waals surface area contributed by atoms with Gasteiger partial charge in [0.2, 0.25) is 0 Å². The molecule has 0 spiro atoms. The Morgan fingerprint density at radius 2 is 1.96 bits per heavy atom. The summed E-state index contributed by atoms with van der Waals surface area (Å²) in [5.41, 5.74) is 3.68. The van der Waals surface area contributed by atoms with Crippen LogP contribution in [0.15, 0.2) is 53.6 Å². The number of amides is 2. The molecule has 2 rings (SSSR count). The van der Waals surface area contributed by atoms with Gasteiger partial charge in [0.15, 0.2) is 0 Å². The van der Waals surface area contributed by atoms with Crippen molar-refractivity contribution in [1.29, 1.82) is 0 Å². The zero-order chi connectivity index (χ0) is 17.4. The number of benzene rings is 2. The molecule has 7 heteroatoms. The first-order valence-electron chi connectivity index (χ1n) is 7.21. The monoisotopic (exact) mass is 329 g/mol. The standard InChI is InChI=1S/C17H16FN3O3/c1-2-24-16(22)13-4-3-5-15(10-13)20-17(23)21-19-11-12-6-8-14(18)9-7-12/h3-11H,2H2,1H3,(H2,20,21,23)/b19-11+. The first kappa shape index (κ1) is 17.1. The van der Waals surface area contributed by atoms with E-state index in [9.17, 15) is 14.0 Å². The molecule has 2 amide bonds. The van der Waals surface area contributed by atoms with E-state index >= 15 is 0 Å². The first-order chi connectivity index (χ1) is 11.6. The number of carbonyl (C=O) groups is 2. The van der Waals surface area contributed by atoms with Gasteiger partial charge in [-0.05, 0) is 42.8 Å². The Hall–Kier alpha value is -3.22. The van der Waals surface area contributed by atoms with Crippen LogP contribution in [0.25, 0.3) is 0 Å². The summed E-state index contributed by atoms with van der Waals surface area (Å²) in [6.45, 7) is 1.99. The molecular weight excluding hydrogens is 313 g/mol. The summed E-state index contributed by atoms with van der Waals surface area (Å²) in [6.07, 6.45) is 1.38. The largest absolute Gasteiger partial charge is 0.462 e. The number of nitrogens with one attached hydrogen (secondary N) is 2. The highest BCUT2D eigenvalue weighted by Gasteiger charge is 2.08. The molecular formula is C17H16FN3O3. The minimum Gasteiger partial charge on any atom is -0.462 e. The van der Waals surface area contributed by atoms with Crippen LogP contribution in [-0.4, -0.2) is 24.8 Å². The van der Waals surface area contributed by atoms with E-state index in [4.69, 9.17) is 4.74 Å². The van der Waals surface area contributed by atoms with Gasteiger partial charge in [0, 0.05) is 5.69 Å². The highest BCUT2D eigenvalue weighted by molar-refractivity contribution is 5.94. The van der Waals surface area contributed by atoms with Crippen molar-refractivity contribution in [2.24, 2.45) is 5.10 Å². The number of hydrogen-bond donors (Lipinski definition) is 2. The Morgan fingerprint density at radius 3 is 2.67 bits per heavy atom. The third-order valence-corrected chi connectivity index (χ3v) is 2.88. The Balaban J connectivity index is 1.91. The number of hydrogen-bond acceptors (Lipinski definition) is 4.